The number of nitrogens with one attached hydrogen (secondary N) is 1. The van der Waals surface area contributed by atoms with Gasteiger partial charge in [0.15, 0.2) is 5.75 Å². The Morgan fingerprint density at radius 3 is 2.83 bits per heavy atom. The van der Waals surface area contributed by atoms with E-state index in [1.807, 2.05) is 18.2 Å². The van der Waals surface area contributed by atoms with Crippen LogP contribution in [0.4, 0.5) is 5.69 Å². The Balaban J connectivity index is 0.00000300. The van der Waals surface area contributed by atoms with Gasteiger partial charge < -0.3 is 15.0 Å². The van der Waals surface area contributed by atoms with E-state index in [1.54, 1.807) is 17.2 Å². The van der Waals surface area contributed by atoms with Crippen molar-refractivity contribution in [3.8, 4) is 5.75 Å². The van der Waals surface area contributed by atoms with Crippen LogP contribution in [0.2, 0.25) is 0 Å². The van der Waals surface area contributed by atoms with Gasteiger partial charge in [-0.05, 0) is 56.6 Å². The van der Waals surface area contributed by atoms with Gasteiger partial charge in [-0.3, -0.25) is 19.9 Å². The van der Waals surface area contributed by atoms with Gasteiger partial charge in [0.1, 0.15) is 0 Å². The molecule has 156 valence electrons. The van der Waals surface area contributed by atoms with E-state index in [4.69, 9.17) is 4.74 Å². The zero-order valence-corrected chi connectivity index (χ0v) is 17.1. The van der Waals surface area contributed by atoms with Gasteiger partial charge in [0.05, 0.1) is 24.3 Å². The van der Waals surface area contributed by atoms with Gasteiger partial charge in [0, 0.05) is 23.9 Å². The normalized spacial score (nSPS) is 16.2. The van der Waals surface area contributed by atoms with Crippen molar-refractivity contribution in [3.63, 3.8) is 0 Å². The van der Waals surface area contributed by atoms with Crippen molar-refractivity contribution in [2.75, 3.05) is 20.2 Å². The Hall–Kier alpha value is -2.71. The number of hydrogen-bond donors (Lipinski definition) is 1. The summed E-state index contributed by atoms with van der Waals surface area (Å²) in [6.45, 7) is 2.12. The summed E-state index contributed by atoms with van der Waals surface area (Å²) >= 11 is 0. The van der Waals surface area contributed by atoms with Crippen molar-refractivity contribution in [1.82, 2.24) is 15.2 Å². The highest BCUT2D eigenvalue weighted by Crippen LogP contribution is 2.29. The summed E-state index contributed by atoms with van der Waals surface area (Å²) in [6, 6.07) is 9.99. The molecule has 1 aliphatic rings. The van der Waals surface area contributed by atoms with E-state index in [0.717, 1.165) is 38.0 Å². The van der Waals surface area contributed by atoms with Crippen molar-refractivity contribution in [2.45, 2.75) is 31.8 Å². The molecule has 2 aromatic rings. The molecule has 1 N–H and O–H groups in total. The summed E-state index contributed by atoms with van der Waals surface area (Å²) in [6.07, 6.45) is 4.38. The van der Waals surface area contributed by atoms with Crippen LogP contribution >= 0.6 is 12.4 Å². The SMILES string of the molecule is COc1ccc(C(=O)N(Cc2ccccn2)C2CCCNCC2)cc1[N+](=O)[O-].Cl. The molecule has 1 aromatic carbocycles. The van der Waals surface area contributed by atoms with Crippen LogP contribution in [0, 0.1) is 10.1 Å². The van der Waals surface area contributed by atoms with Crippen LogP contribution in [0.1, 0.15) is 35.3 Å². The number of methoxy groups -OCH3 is 1. The predicted molar refractivity (Wildman–Crippen MR) is 112 cm³/mol. The van der Waals surface area contributed by atoms with E-state index in [-0.39, 0.29) is 41.4 Å². The third kappa shape index (κ3) is 5.65. The maximum absolute atomic E-state index is 13.3. The zero-order valence-electron chi connectivity index (χ0n) is 16.2. The van der Waals surface area contributed by atoms with Crippen LogP contribution in [-0.2, 0) is 6.54 Å². The first-order valence-corrected chi connectivity index (χ1v) is 9.34. The number of nitro groups is 1. The predicted octanol–water partition coefficient (Wildman–Crippen LogP) is 3.20. The largest absolute Gasteiger partial charge is 0.490 e. The van der Waals surface area contributed by atoms with Crippen LogP contribution in [0.5, 0.6) is 5.75 Å². The number of nitro benzene ring substituents is 1. The number of amides is 1. The molecule has 1 saturated heterocycles. The molecule has 3 rings (SSSR count). The molecule has 1 aromatic heterocycles. The fraction of sp³-hybridized carbons (Fsp3) is 0.400. The molecule has 1 unspecified atom stereocenters. The molecule has 1 aliphatic heterocycles. The monoisotopic (exact) mass is 420 g/mol. The van der Waals surface area contributed by atoms with E-state index >= 15 is 0 Å². The van der Waals surface area contributed by atoms with Gasteiger partial charge in [-0.2, -0.15) is 0 Å². The third-order valence-corrected chi connectivity index (χ3v) is 4.93. The summed E-state index contributed by atoms with van der Waals surface area (Å²) in [5.74, 6) is -0.0974. The number of nitrogens with zero attached hydrogens (tertiary/aromatic N) is 3. The molecule has 29 heavy (non-hydrogen) atoms. The van der Waals surface area contributed by atoms with Crippen molar-refractivity contribution >= 4 is 24.0 Å². The van der Waals surface area contributed by atoms with Gasteiger partial charge in [-0.1, -0.05) is 6.07 Å². The van der Waals surface area contributed by atoms with E-state index < -0.39 is 4.92 Å². The summed E-state index contributed by atoms with van der Waals surface area (Å²) in [5.41, 5.74) is 0.852. The van der Waals surface area contributed by atoms with Crippen LogP contribution in [0.3, 0.4) is 0 Å². The molecule has 1 amide bonds. The first-order valence-electron chi connectivity index (χ1n) is 9.34. The van der Waals surface area contributed by atoms with Crippen LogP contribution in [0.25, 0.3) is 0 Å². The number of carbonyl (C=O) groups is 1. The smallest absolute Gasteiger partial charge is 0.311 e. The number of benzene rings is 1. The lowest BCUT2D eigenvalue weighted by Gasteiger charge is -2.31. The Morgan fingerprint density at radius 2 is 2.14 bits per heavy atom. The van der Waals surface area contributed by atoms with Gasteiger partial charge in [-0.25, -0.2) is 0 Å². The summed E-state index contributed by atoms with van der Waals surface area (Å²) in [4.78, 5) is 30.3. The molecule has 1 atom stereocenters. The number of carbonyl (C=O) groups excluding carboxylic acids is 1. The third-order valence-electron chi connectivity index (χ3n) is 4.93. The lowest BCUT2D eigenvalue weighted by molar-refractivity contribution is -0.385. The summed E-state index contributed by atoms with van der Waals surface area (Å²) in [7, 11) is 1.37. The summed E-state index contributed by atoms with van der Waals surface area (Å²) < 4.78 is 5.05. The highest BCUT2D eigenvalue weighted by atomic mass is 35.5. The number of ether oxygens (including phenoxy) is 1. The Morgan fingerprint density at radius 1 is 1.31 bits per heavy atom. The maximum atomic E-state index is 13.3. The number of aromatic nitrogens is 1. The fourth-order valence-corrected chi connectivity index (χ4v) is 3.48. The molecule has 8 nitrogen and oxygen atoms in total. The molecule has 0 aliphatic carbocycles. The maximum Gasteiger partial charge on any atom is 0.311 e. The first kappa shape index (κ1) is 22.6. The second-order valence-corrected chi connectivity index (χ2v) is 6.73. The topological polar surface area (TPSA) is 97.6 Å². The van der Waals surface area contributed by atoms with Crippen LogP contribution in [-0.4, -0.2) is 47.0 Å². The minimum atomic E-state index is -0.533. The minimum absolute atomic E-state index is 0. The minimum Gasteiger partial charge on any atom is -0.490 e. The van der Waals surface area contributed by atoms with Gasteiger partial charge in [-0.15, -0.1) is 12.4 Å². The number of rotatable bonds is 6. The van der Waals surface area contributed by atoms with Crippen molar-refractivity contribution in [2.24, 2.45) is 0 Å². The average Bonchev–Trinajstić information content (AvgIpc) is 3.01. The van der Waals surface area contributed by atoms with Crippen LogP contribution in [0.15, 0.2) is 42.6 Å². The van der Waals surface area contributed by atoms with Crippen LogP contribution < -0.4 is 10.1 Å². The number of halogens is 1. The van der Waals surface area contributed by atoms with Gasteiger partial charge >= 0.3 is 5.69 Å². The standard InChI is InChI=1S/C20H24N4O4.ClH/c1-28-19-8-7-15(13-18(19)24(26)27)20(25)23(14-16-5-2-3-11-22-16)17-6-4-10-21-12-9-17;/h2-3,5,7-8,11,13,17,21H,4,6,9-10,12,14H2,1H3;1H. The Labute approximate surface area is 175 Å². The van der Waals surface area contributed by atoms with E-state index in [0.29, 0.717) is 6.54 Å². The van der Waals surface area contributed by atoms with Gasteiger partial charge in [0.2, 0.25) is 0 Å². The van der Waals surface area contributed by atoms with Crippen molar-refractivity contribution < 1.29 is 14.5 Å². The molecular weight excluding hydrogens is 396 g/mol. The molecule has 0 radical (unpaired) electrons. The van der Waals surface area contributed by atoms with Crippen molar-refractivity contribution in [3.05, 3.63) is 64.0 Å². The number of pyridine rings is 1. The van der Waals surface area contributed by atoms with Crippen molar-refractivity contribution in [1.29, 1.82) is 0 Å². The summed E-state index contributed by atoms with van der Waals surface area (Å²) in [5, 5.41) is 14.7. The molecule has 0 spiro atoms. The quantitative estimate of drug-likeness (QED) is 0.569. The molecule has 0 bridgehead atoms. The highest BCUT2D eigenvalue weighted by Gasteiger charge is 2.28. The number of hydrogen-bond acceptors (Lipinski definition) is 6. The Bertz CT molecular complexity index is 826. The molecule has 1 fully saturated rings. The lowest BCUT2D eigenvalue weighted by Crippen LogP contribution is -2.40. The first-order chi connectivity index (χ1) is 13.6. The molecule has 0 saturated carbocycles. The van der Waals surface area contributed by atoms with E-state index in [9.17, 15) is 14.9 Å². The second kappa shape index (κ2) is 10.7. The zero-order chi connectivity index (χ0) is 19.9. The lowest BCUT2D eigenvalue weighted by atomic mass is 10.0. The van der Waals surface area contributed by atoms with E-state index in [1.165, 1.54) is 19.2 Å². The fourth-order valence-electron chi connectivity index (χ4n) is 3.48. The average molecular weight is 421 g/mol. The highest BCUT2D eigenvalue weighted by molar-refractivity contribution is 5.95. The molecule has 9 heteroatoms. The Kier molecular flexibility index (Phi) is 8.35. The van der Waals surface area contributed by atoms with E-state index in [2.05, 4.69) is 10.3 Å². The second-order valence-electron chi connectivity index (χ2n) is 6.73. The van der Waals surface area contributed by atoms with Gasteiger partial charge in [0.25, 0.3) is 5.91 Å². The molecule has 2 heterocycles. The molecular formula is C20H25ClN4O4.